The van der Waals surface area contributed by atoms with E-state index in [0.717, 1.165) is 12.1 Å². The molecule has 2 heterocycles. The number of aromatic nitrogens is 3. The zero-order valence-electron chi connectivity index (χ0n) is 13.7. The molecule has 4 rings (SSSR count). The fourth-order valence-electron chi connectivity index (χ4n) is 2.73. The summed E-state index contributed by atoms with van der Waals surface area (Å²) in [7, 11) is 0. The molecular formula is C18H19N5O2. The number of benzene rings is 1. The SMILES string of the molecule is O=C(NCC1CC1)Nc1cccc(Cn2nc3ccccn3c2=O)c1. The molecule has 128 valence electrons. The second-order valence-corrected chi connectivity index (χ2v) is 6.35. The summed E-state index contributed by atoms with van der Waals surface area (Å²) in [5, 5.41) is 10.0. The van der Waals surface area contributed by atoms with Crippen molar-refractivity contribution in [3.8, 4) is 0 Å². The van der Waals surface area contributed by atoms with E-state index in [1.807, 2.05) is 30.3 Å². The van der Waals surface area contributed by atoms with Crippen LogP contribution in [-0.2, 0) is 6.54 Å². The van der Waals surface area contributed by atoms with Crippen LogP contribution in [0.15, 0.2) is 53.5 Å². The molecule has 0 aliphatic heterocycles. The number of amides is 2. The molecule has 3 aromatic rings. The van der Waals surface area contributed by atoms with E-state index in [1.165, 1.54) is 21.9 Å². The van der Waals surface area contributed by atoms with Gasteiger partial charge in [-0.15, -0.1) is 5.10 Å². The molecule has 1 aromatic carbocycles. The van der Waals surface area contributed by atoms with Gasteiger partial charge in [0, 0.05) is 18.4 Å². The number of urea groups is 1. The van der Waals surface area contributed by atoms with E-state index >= 15 is 0 Å². The largest absolute Gasteiger partial charge is 0.350 e. The van der Waals surface area contributed by atoms with Crippen molar-refractivity contribution in [2.24, 2.45) is 5.92 Å². The van der Waals surface area contributed by atoms with Crippen LogP contribution in [0.25, 0.3) is 5.65 Å². The maximum Gasteiger partial charge on any atom is 0.350 e. The van der Waals surface area contributed by atoms with Gasteiger partial charge in [-0.3, -0.25) is 4.40 Å². The Morgan fingerprint density at radius 3 is 2.88 bits per heavy atom. The molecule has 0 spiro atoms. The van der Waals surface area contributed by atoms with Gasteiger partial charge in [0.05, 0.1) is 6.54 Å². The predicted octanol–water partition coefficient (Wildman–Crippen LogP) is 2.08. The predicted molar refractivity (Wildman–Crippen MR) is 94.7 cm³/mol. The highest BCUT2D eigenvalue weighted by atomic mass is 16.2. The van der Waals surface area contributed by atoms with Gasteiger partial charge in [-0.05, 0) is 48.6 Å². The first-order valence-electron chi connectivity index (χ1n) is 8.37. The molecule has 7 heteroatoms. The minimum atomic E-state index is -0.200. The van der Waals surface area contributed by atoms with Crippen LogP contribution in [0, 0.1) is 5.92 Å². The van der Waals surface area contributed by atoms with E-state index in [0.29, 0.717) is 23.8 Å². The summed E-state index contributed by atoms with van der Waals surface area (Å²) >= 11 is 0. The van der Waals surface area contributed by atoms with Crippen LogP contribution in [0.2, 0.25) is 0 Å². The van der Waals surface area contributed by atoms with E-state index in [-0.39, 0.29) is 11.7 Å². The third-order valence-electron chi connectivity index (χ3n) is 4.25. The molecule has 0 saturated heterocycles. The Labute approximate surface area is 144 Å². The molecular weight excluding hydrogens is 318 g/mol. The topological polar surface area (TPSA) is 80.4 Å². The molecule has 0 bridgehead atoms. The summed E-state index contributed by atoms with van der Waals surface area (Å²) in [6.45, 7) is 1.07. The summed E-state index contributed by atoms with van der Waals surface area (Å²) < 4.78 is 2.93. The number of nitrogens with zero attached hydrogens (tertiary/aromatic N) is 3. The Hall–Kier alpha value is -3.09. The molecule has 1 fully saturated rings. The van der Waals surface area contributed by atoms with Crippen molar-refractivity contribution in [1.82, 2.24) is 19.5 Å². The standard InChI is InChI=1S/C18H19N5O2/c24-17(19-11-13-7-8-13)20-15-5-3-4-14(10-15)12-23-18(25)22-9-2-1-6-16(22)21-23/h1-6,9-10,13H,7-8,11-12H2,(H2,19,20,24). The minimum Gasteiger partial charge on any atom is -0.338 e. The van der Waals surface area contributed by atoms with Crippen LogP contribution in [0.1, 0.15) is 18.4 Å². The van der Waals surface area contributed by atoms with Crippen molar-refractivity contribution in [3.63, 3.8) is 0 Å². The van der Waals surface area contributed by atoms with E-state index in [9.17, 15) is 9.59 Å². The van der Waals surface area contributed by atoms with E-state index in [2.05, 4.69) is 15.7 Å². The lowest BCUT2D eigenvalue weighted by Crippen LogP contribution is -2.30. The Morgan fingerprint density at radius 1 is 1.20 bits per heavy atom. The lowest BCUT2D eigenvalue weighted by Gasteiger charge is -2.08. The van der Waals surface area contributed by atoms with Crippen molar-refractivity contribution < 1.29 is 4.79 Å². The number of hydrogen-bond acceptors (Lipinski definition) is 3. The molecule has 1 saturated carbocycles. The van der Waals surface area contributed by atoms with Gasteiger partial charge in [0.2, 0.25) is 0 Å². The third kappa shape index (κ3) is 3.55. The number of anilines is 1. The monoisotopic (exact) mass is 337 g/mol. The van der Waals surface area contributed by atoms with Gasteiger partial charge >= 0.3 is 11.7 Å². The van der Waals surface area contributed by atoms with Crippen LogP contribution >= 0.6 is 0 Å². The summed E-state index contributed by atoms with van der Waals surface area (Å²) in [5.74, 6) is 0.638. The van der Waals surface area contributed by atoms with Gasteiger partial charge in [-0.25, -0.2) is 14.3 Å². The molecule has 2 amide bonds. The molecule has 0 atom stereocenters. The van der Waals surface area contributed by atoms with Crippen LogP contribution in [0.3, 0.4) is 0 Å². The maximum absolute atomic E-state index is 12.3. The average molecular weight is 337 g/mol. The highest BCUT2D eigenvalue weighted by Crippen LogP contribution is 2.27. The Kier molecular flexibility index (Phi) is 3.97. The Morgan fingerprint density at radius 2 is 2.08 bits per heavy atom. The van der Waals surface area contributed by atoms with Crippen molar-refractivity contribution >= 4 is 17.4 Å². The normalized spacial score (nSPS) is 13.8. The summed E-state index contributed by atoms with van der Waals surface area (Å²) in [5.41, 5.74) is 2.02. The molecule has 7 nitrogen and oxygen atoms in total. The second-order valence-electron chi connectivity index (χ2n) is 6.35. The molecule has 25 heavy (non-hydrogen) atoms. The Balaban J connectivity index is 1.47. The first kappa shape index (κ1) is 15.4. The molecule has 0 unspecified atom stereocenters. The van der Waals surface area contributed by atoms with Crippen molar-refractivity contribution in [1.29, 1.82) is 0 Å². The molecule has 0 radical (unpaired) electrons. The van der Waals surface area contributed by atoms with Gasteiger partial charge in [0.1, 0.15) is 0 Å². The van der Waals surface area contributed by atoms with Crippen molar-refractivity contribution in [3.05, 3.63) is 64.7 Å². The van der Waals surface area contributed by atoms with E-state index < -0.39 is 0 Å². The zero-order chi connectivity index (χ0) is 17.2. The third-order valence-corrected chi connectivity index (χ3v) is 4.25. The van der Waals surface area contributed by atoms with Crippen molar-refractivity contribution in [2.45, 2.75) is 19.4 Å². The van der Waals surface area contributed by atoms with Crippen molar-refractivity contribution in [2.75, 3.05) is 11.9 Å². The van der Waals surface area contributed by atoms with Crippen LogP contribution in [0.5, 0.6) is 0 Å². The molecule has 2 aromatic heterocycles. The van der Waals surface area contributed by atoms with Gasteiger partial charge < -0.3 is 10.6 Å². The second kappa shape index (κ2) is 6.43. The van der Waals surface area contributed by atoms with Gasteiger partial charge in [0.25, 0.3) is 0 Å². The first-order chi connectivity index (χ1) is 12.2. The highest BCUT2D eigenvalue weighted by Gasteiger charge is 2.21. The van der Waals surface area contributed by atoms with Crippen LogP contribution in [0.4, 0.5) is 10.5 Å². The number of carbonyl (C=O) groups excluding carboxylic acids is 1. The number of nitrogens with one attached hydrogen (secondary N) is 2. The number of fused-ring (bicyclic) bond motifs is 1. The fourth-order valence-corrected chi connectivity index (χ4v) is 2.73. The lowest BCUT2D eigenvalue weighted by molar-refractivity contribution is 0.251. The van der Waals surface area contributed by atoms with E-state index in [4.69, 9.17) is 0 Å². The van der Waals surface area contributed by atoms with Gasteiger partial charge in [-0.2, -0.15) is 0 Å². The molecule has 1 aliphatic rings. The van der Waals surface area contributed by atoms with Crippen LogP contribution in [-0.4, -0.2) is 26.8 Å². The highest BCUT2D eigenvalue weighted by molar-refractivity contribution is 5.89. The smallest absolute Gasteiger partial charge is 0.338 e. The summed E-state index contributed by atoms with van der Waals surface area (Å²) in [6.07, 6.45) is 4.09. The Bertz CT molecular complexity index is 971. The summed E-state index contributed by atoms with van der Waals surface area (Å²) in [6, 6.07) is 12.7. The lowest BCUT2D eigenvalue weighted by atomic mass is 10.2. The zero-order valence-corrected chi connectivity index (χ0v) is 13.7. The van der Waals surface area contributed by atoms with Gasteiger partial charge in [0.15, 0.2) is 5.65 Å². The number of rotatable bonds is 5. The molecule has 2 N–H and O–H groups in total. The maximum atomic E-state index is 12.3. The van der Waals surface area contributed by atoms with Crippen LogP contribution < -0.4 is 16.3 Å². The number of carbonyl (C=O) groups is 1. The number of pyridine rings is 1. The van der Waals surface area contributed by atoms with Gasteiger partial charge in [-0.1, -0.05) is 18.2 Å². The average Bonchev–Trinajstić information content (AvgIpc) is 3.39. The fraction of sp³-hybridized carbons (Fsp3) is 0.278. The first-order valence-corrected chi connectivity index (χ1v) is 8.37. The molecule has 1 aliphatic carbocycles. The number of hydrogen-bond donors (Lipinski definition) is 2. The summed E-state index contributed by atoms with van der Waals surface area (Å²) in [4.78, 5) is 24.2. The van der Waals surface area contributed by atoms with E-state index in [1.54, 1.807) is 18.3 Å². The minimum absolute atomic E-state index is 0.184. The quantitative estimate of drug-likeness (QED) is 0.748.